The zero-order valence-electron chi connectivity index (χ0n) is 17.1. The molecule has 0 aliphatic heterocycles. The van der Waals surface area contributed by atoms with E-state index in [0.717, 1.165) is 21.6 Å². The van der Waals surface area contributed by atoms with Crippen molar-refractivity contribution in [1.29, 1.82) is 0 Å². The Bertz CT molecular complexity index is 1020. The Hall–Kier alpha value is -2.09. The second kappa shape index (κ2) is 9.15. The van der Waals surface area contributed by atoms with Crippen molar-refractivity contribution in [1.82, 2.24) is 9.55 Å². The fraction of sp³-hybridized carbons (Fsp3) is 0.455. The lowest BCUT2D eigenvalue weighted by Gasteiger charge is -2.17. The summed E-state index contributed by atoms with van der Waals surface area (Å²) in [6.45, 7) is 6.26. The first-order chi connectivity index (χ1) is 13.9. The molecule has 2 atom stereocenters. The predicted molar refractivity (Wildman–Crippen MR) is 115 cm³/mol. The summed E-state index contributed by atoms with van der Waals surface area (Å²) in [7, 11) is 0. The molecule has 2 unspecified atom stereocenters. The second-order valence-corrected chi connectivity index (χ2v) is 8.79. The van der Waals surface area contributed by atoms with Gasteiger partial charge < -0.3 is 10.2 Å². The van der Waals surface area contributed by atoms with Crippen LogP contribution in [0, 0.1) is 25.7 Å². The van der Waals surface area contributed by atoms with Gasteiger partial charge in [-0.15, -0.1) is 0 Å². The predicted octanol–water partition coefficient (Wildman–Crippen LogP) is 2.41. The minimum absolute atomic E-state index is 0.00383. The highest BCUT2D eigenvalue weighted by molar-refractivity contribution is 7.99. The molecule has 0 saturated heterocycles. The molecule has 1 heterocycles. The summed E-state index contributed by atoms with van der Waals surface area (Å²) in [6.07, 6.45) is 3.10. The van der Waals surface area contributed by atoms with Crippen molar-refractivity contribution in [3.63, 3.8) is 0 Å². The van der Waals surface area contributed by atoms with E-state index < -0.39 is 5.69 Å². The van der Waals surface area contributed by atoms with Crippen LogP contribution in [0.15, 0.2) is 49.4 Å². The number of nitrogens with zero attached hydrogens (tertiary/aromatic N) is 1. The molecule has 1 aliphatic carbocycles. The molecule has 3 rings (SSSR count). The number of benzene rings is 1. The van der Waals surface area contributed by atoms with Gasteiger partial charge in [0.1, 0.15) is 0 Å². The molecule has 0 amide bonds. The van der Waals surface area contributed by atoms with Gasteiger partial charge in [-0.2, -0.15) is 0 Å². The van der Waals surface area contributed by atoms with E-state index in [-0.39, 0.29) is 30.6 Å². The standard InChI is InChI=1S/C22H28N2O4S/c1-4-19-20(27)23-22(28)24(10-15-8-16(11-25)17(9-15)12-26)21(19)29-18-6-13(2)5-14(3)7-18/h5-8,16-17,25-26H,4,9-12H2,1-3H3,(H,23,27,28). The van der Waals surface area contributed by atoms with Crippen LogP contribution in [0.1, 0.15) is 30.0 Å². The molecule has 0 bridgehead atoms. The molecule has 0 saturated carbocycles. The summed E-state index contributed by atoms with van der Waals surface area (Å²) in [6, 6.07) is 6.18. The number of nitrogens with one attached hydrogen (secondary N) is 1. The molecule has 29 heavy (non-hydrogen) atoms. The van der Waals surface area contributed by atoms with E-state index >= 15 is 0 Å². The average Bonchev–Trinajstić information content (AvgIpc) is 3.06. The van der Waals surface area contributed by atoms with Crippen molar-refractivity contribution in [3.05, 3.63) is 67.4 Å². The average molecular weight is 417 g/mol. The summed E-state index contributed by atoms with van der Waals surface area (Å²) < 4.78 is 1.61. The number of rotatable bonds is 7. The fourth-order valence-corrected chi connectivity index (χ4v) is 5.32. The van der Waals surface area contributed by atoms with Gasteiger partial charge in [-0.1, -0.05) is 36.4 Å². The van der Waals surface area contributed by atoms with E-state index in [0.29, 0.717) is 30.0 Å². The Labute approximate surface area is 174 Å². The van der Waals surface area contributed by atoms with Gasteiger partial charge in [0.05, 0.1) is 5.03 Å². The Morgan fingerprint density at radius 2 is 1.83 bits per heavy atom. The number of aromatic nitrogens is 2. The van der Waals surface area contributed by atoms with Crippen molar-refractivity contribution >= 4 is 11.8 Å². The number of aliphatic hydroxyl groups is 2. The number of H-pyrrole nitrogens is 1. The smallest absolute Gasteiger partial charge is 0.329 e. The van der Waals surface area contributed by atoms with Crippen LogP contribution >= 0.6 is 11.8 Å². The minimum atomic E-state index is -0.437. The van der Waals surface area contributed by atoms with Crippen molar-refractivity contribution in [2.24, 2.45) is 11.8 Å². The molecule has 0 fully saturated rings. The first-order valence-electron chi connectivity index (χ1n) is 9.89. The SMILES string of the molecule is CCc1c(Sc2cc(C)cc(C)c2)n(CC2=CC(CO)C(CO)C2)c(=O)[nH]c1=O. The number of hydrogen-bond donors (Lipinski definition) is 3. The molecule has 7 heteroatoms. The van der Waals surface area contributed by atoms with E-state index in [1.54, 1.807) is 4.57 Å². The van der Waals surface area contributed by atoms with Gasteiger partial charge in [-0.05, 0) is 55.9 Å². The normalized spacial score (nSPS) is 18.9. The molecule has 3 N–H and O–H groups in total. The van der Waals surface area contributed by atoms with E-state index in [2.05, 4.69) is 11.1 Å². The summed E-state index contributed by atoms with van der Waals surface area (Å²) >= 11 is 1.44. The maximum absolute atomic E-state index is 12.7. The summed E-state index contributed by atoms with van der Waals surface area (Å²) in [5, 5.41) is 19.8. The molecule has 1 aliphatic rings. The van der Waals surface area contributed by atoms with Crippen LogP contribution in [0.5, 0.6) is 0 Å². The number of aryl methyl sites for hydroxylation is 2. The lowest BCUT2D eigenvalue weighted by molar-refractivity contribution is 0.154. The topological polar surface area (TPSA) is 95.3 Å². The van der Waals surface area contributed by atoms with Crippen LogP contribution < -0.4 is 11.2 Å². The maximum Gasteiger partial charge on any atom is 0.329 e. The van der Waals surface area contributed by atoms with E-state index in [1.807, 2.05) is 39.0 Å². The van der Waals surface area contributed by atoms with Gasteiger partial charge in [0.25, 0.3) is 5.56 Å². The lowest BCUT2D eigenvalue weighted by atomic mass is 9.97. The quantitative estimate of drug-likeness (QED) is 0.476. The third-order valence-corrected chi connectivity index (χ3v) is 6.52. The van der Waals surface area contributed by atoms with E-state index in [9.17, 15) is 19.8 Å². The molecule has 0 spiro atoms. The fourth-order valence-electron chi connectivity index (χ4n) is 3.98. The second-order valence-electron chi connectivity index (χ2n) is 7.73. The number of hydrogen-bond acceptors (Lipinski definition) is 5. The highest BCUT2D eigenvalue weighted by Gasteiger charge is 2.27. The summed E-state index contributed by atoms with van der Waals surface area (Å²) in [4.78, 5) is 28.6. The molecule has 1 aromatic carbocycles. The number of aliphatic hydroxyl groups excluding tert-OH is 2. The van der Waals surface area contributed by atoms with Crippen molar-refractivity contribution in [3.8, 4) is 0 Å². The molecule has 1 aromatic heterocycles. The van der Waals surface area contributed by atoms with Crippen molar-refractivity contribution < 1.29 is 10.2 Å². The first-order valence-corrected chi connectivity index (χ1v) is 10.7. The van der Waals surface area contributed by atoms with Crippen LogP contribution in [0.2, 0.25) is 0 Å². The first kappa shape index (κ1) is 21.6. The maximum atomic E-state index is 12.7. The van der Waals surface area contributed by atoms with Gasteiger partial charge in [-0.3, -0.25) is 14.3 Å². The Balaban J connectivity index is 2.05. The van der Waals surface area contributed by atoms with Gasteiger partial charge in [0.15, 0.2) is 0 Å². The Morgan fingerprint density at radius 3 is 2.38 bits per heavy atom. The number of allylic oxidation sites excluding steroid dienone is 1. The lowest BCUT2D eigenvalue weighted by Crippen LogP contribution is -2.34. The minimum Gasteiger partial charge on any atom is -0.396 e. The molecule has 0 radical (unpaired) electrons. The highest BCUT2D eigenvalue weighted by Crippen LogP contribution is 2.34. The molecule has 2 aromatic rings. The number of aromatic amines is 1. The molecular formula is C22H28N2O4S. The monoisotopic (exact) mass is 416 g/mol. The van der Waals surface area contributed by atoms with Gasteiger partial charge in [-0.25, -0.2) is 4.79 Å². The third-order valence-electron chi connectivity index (χ3n) is 5.39. The van der Waals surface area contributed by atoms with Crippen LogP contribution in [0.25, 0.3) is 0 Å². The van der Waals surface area contributed by atoms with Crippen molar-refractivity contribution in [2.75, 3.05) is 13.2 Å². The van der Waals surface area contributed by atoms with Crippen LogP contribution in [0.4, 0.5) is 0 Å². The van der Waals surface area contributed by atoms with Crippen LogP contribution in [0.3, 0.4) is 0 Å². The zero-order valence-corrected chi connectivity index (χ0v) is 17.9. The molecule has 6 nitrogen and oxygen atoms in total. The largest absolute Gasteiger partial charge is 0.396 e. The van der Waals surface area contributed by atoms with Gasteiger partial charge in [0, 0.05) is 36.1 Å². The highest BCUT2D eigenvalue weighted by atomic mass is 32.2. The van der Waals surface area contributed by atoms with Crippen molar-refractivity contribution in [2.45, 2.75) is 50.1 Å². The molecular weight excluding hydrogens is 388 g/mol. The molecule has 156 valence electrons. The zero-order chi connectivity index (χ0) is 21.1. The van der Waals surface area contributed by atoms with E-state index in [4.69, 9.17) is 0 Å². The van der Waals surface area contributed by atoms with Gasteiger partial charge >= 0.3 is 5.69 Å². The van der Waals surface area contributed by atoms with Crippen LogP contribution in [-0.4, -0.2) is 33.0 Å². The Kier molecular flexibility index (Phi) is 6.82. The van der Waals surface area contributed by atoms with E-state index in [1.165, 1.54) is 11.8 Å². The summed E-state index contributed by atoms with van der Waals surface area (Å²) in [5.41, 5.74) is 3.04. The van der Waals surface area contributed by atoms with Crippen LogP contribution in [-0.2, 0) is 13.0 Å². The Morgan fingerprint density at radius 1 is 1.14 bits per heavy atom. The van der Waals surface area contributed by atoms with Gasteiger partial charge in [0.2, 0.25) is 0 Å². The third kappa shape index (κ3) is 4.74. The summed E-state index contributed by atoms with van der Waals surface area (Å²) in [5.74, 6) is -0.135.